The molecular formula is C20H28N2O2. The number of carbonyl (C=O) groups excluding carboxylic acids is 2. The lowest BCUT2D eigenvalue weighted by atomic mass is 10.1. The normalized spacial score (nSPS) is 24.1. The Morgan fingerprint density at radius 3 is 2.29 bits per heavy atom. The zero-order valence-corrected chi connectivity index (χ0v) is 14.7. The summed E-state index contributed by atoms with van der Waals surface area (Å²) in [6.45, 7) is 4.03. The maximum absolute atomic E-state index is 12.4. The Hall–Kier alpha value is -1.84. The predicted octanol–water partition coefficient (Wildman–Crippen LogP) is 3.72. The molecule has 3 rings (SSSR count). The minimum Gasteiger partial charge on any atom is -0.353 e. The highest BCUT2D eigenvalue weighted by Crippen LogP contribution is 2.40. The smallest absolute Gasteiger partial charge is 0.228 e. The van der Waals surface area contributed by atoms with Gasteiger partial charge in [-0.25, -0.2) is 0 Å². The van der Waals surface area contributed by atoms with Crippen LogP contribution in [0, 0.1) is 25.7 Å². The maximum Gasteiger partial charge on any atom is 0.228 e. The molecule has 24 heavy (non-hydrogen) atoms. The first-order chi connectivity index (χ1) is 11.5. The van der Waals surface area contributed by atoms with Gasteiger partial charge in [0.25, 0.3) is 0 Å². The lowest BCUT2D eigenvalue weighted by Crippen LogP contribution is -2.36. The van der Waals surface area contributed by atoms with E-state index in [0.29, 0.717) is 12.5 Å². The third-order valence-corrected chi connectivity index (χ3v) is 5.31. The highest BCUT2D eigenvalue weighted by molar-refractivity contribution is 5.99. The van der Waals surface area contributed by atoms with E-state index in [-0.39, 0.29) is 23.7 Å². The van der Waals surface area contributed by atoms with Crippen LogP contribution in [0.3, 0.4) is 0 Å². The molecule has 2 saturated carbocycles. The molecule has 4 nitrogen and oxygen atoms in total. The molecule has 2 amide bonds. The van der Waals surface area contributed by atoms with Crippen LogP contribution < -0.4 is 10.6 Å². The van der Waals surface area contributed by atoms with E-state index >= 15 is 0 Å². The summed E-state index contributed by atoms with van der Waals surface area (Å²) < 4.78 is 0. The third-order valence-electron chi connectivity index (χ3n) is 5.31. The Balaban J connectivity index is 1.50. The average molecular weight is 328 g/mol. The number of aryl methyl sites for hydroxylation is 2. The molecule has 0 aliphatic heterocycles. The second-order valence-corrected chi connectivity index (χ2v) is 7.45. The summed E-state index contributed by atoms with van der Waals surface area (Å²) in [5.41, 5.74) is 3.08. The van der Waals surface area contributed by atoms with Gasteiger partial charge in [0.2, 0.25) is 11.8 Å². The zero-order valence-electron chi connectivity index (χ0n) is 14.7. The van der Waals surface area contributed by atoms with Crippen molar-refractivity contribution in [3.05, 3.63) is 29.3 Å². The monoisotopic (exact) mass is 328 g/mol. The van der Waals surface area contributed by atoms with Gasteiger partial charge in [0, 0.05) is 11.7 Å². The summed E-state index contributed by atoms with van der Waals surface area (Å²) in [7, 11) is 0. The molecule has 0 saturated heterocycles. The Kier molecular flexibility index (Phi) is 5.22. The van der Waals surface area contributed by atoms with Crippen LogP contribution in [0.15, 0.2) is 18.2 Å². The van der Waals surface area contributed by atoms with Gasteiger partial charge in [-0.1, -0.05) is 43.4 Å². The number of anilines is 1. The standard InChI is InChI=1S/C20H28N2O2/c1-13-9-10-18(14(2)11-13)22-20(24)17-12-16(17)19(23)21-15-7-5-3-4-6-8-15/h9-11,15-17H,3-8,12H2,1-2H3,(H,21,23)(H,22,24). The topological polar surface area (TPSA) is 58.2 Å². The summed E-state index contributed by atoms with van der Waals surface area (Å²) in [4.78, 5) is 24.8. The first-order valence-corrected chi connectivity index (χ1v) is 9.23. The Morgan fingerprint density at radius 2 is 1.62 bits per heavy atom. The zero-order chi connectivity index (χ0) is 17.1. The molecule has 2 unspecified atom stereocenters. The fourth-order valence-electron chi connectivity index (χ4n) is 3.69. The lowest BCUT2D eigenvalue weighted by Gasteiger charge is -2.16. The van der Waals surface area contributed by atoms with Crippen molar-refractivity contribution in [2.24, 2.45) is 11.8 Å². The highest BCUT2D eigenvalue weighted by Gasteiger charge is 2.48. The van der Waals surface area contributed by atoms with Gasteiger partial charge in [0.15, 0.2) is 0 Å². The summed E-state index contributed by atoms with van der Waals surface area (Å²) >= 11 is 0. The second kappa shape index (κ2) is 7.37. The van der Waals surface area contributed by atoms with Crippen LogP contribution in [0.1, 0.15) is 56.1 Å². The van der Waals surface area contributed by atoms with E-state index in [4.69, 9.17) is 0 Å². The van der Waals surface area contributed by atoms with Crippen LogP contribution in [0.4, 0.5) is 5.69 Å². The molecule has 0 aromatic heterocycles. The molecular weight excluding hydrogens is 300 g/mol. The minimum atomic E-state index is -0.170. The van der Waals surface area contributed by atoms with Crippen LogP contribution >= 0.6 is 0 Å². The number of amides is 2. The lowest BCUT2D eigenvalue weighted by molar-refractivity contribution is -0.125. The van der Waals surface area contributed by atoms with Crippen molar-refractivity contribution in [2.75, 3.05) is 5.32 Å². The number of hydrogen-bond donors (Lipinski definition) is 2. The molecule has 130 valence electrons. The third kappa shape index (κ3) is 4.16. The Labute approximate surface area is 144 Å². The predicted molar refractivity (Wildman–Crippen MR) is 95.8 cm³/mol. The Bertz CT molecular complexity index is 618. The van der Waals surface area contributed by atoms with Crippen molar-refractivity contribution in [1.82, 2.24) is 5.32 Å². The quantitative estimate of drug-likeness (QED) is 0.828. The van der Waals surface area contributed by atoms with Crippen molar-refractivity contribution in [2.45, 2.75) is 64.8 Å². The first kappa shape index (κ1) is 17.0. The van der Waals surface area contributed by atoms with Crippen molar-refractivity contribution >= 4 is 17.5 Å². The summed E-state index contributed by atoms with van der Waals surface area (Å²) in [6.07, 6.45) is 7.79. The van der Waals surface area contributed by atoms with E-state index in [1.165, 1.54) is 31.2 Å². The van der Waals surface area contributed by atoms with Gasteiger partial charge in [0.1, 0.15) is 0 Å². The van der Waals surface area contributed by atoms with Crippen molar-refractivity contribution in [3.63, 3.8) is 0 Å². The van der Waals surface area contributed by atoms with Crippen molar-refractivity contribution in [1.29, 1.82) is 0 Å². The summed E-state index contributed by atoms with van der Waals surface area (Å²) in [5, 5.41) is 6.15. The summed E-state index contributed by atoms with van der Waals surface area (Å²) in [5.74, 6) is -0.263. The van der Waals surface area contributed by atoms with Gasteiger partial charge in [-0.05, 0) is 44.7 Å². The number of benzene rings is 1. The van der Waals surface area contributed by atoms with Crippen molar-refractivity contribution < 1.29 is 9.59 Å². The molecule has 2 atom stereocenters. The SMILES string of the molecule is Cc1ccc(NC(=O)C2CC2C(=O)NC2CCCCCC2)c(C)c1. The number of hydrogen-bond acceptors (Lipinski definition) is 2. The van der Waals surface area contributed by atoms with Crippen LogP contribution in [-0.2, 0) is 9.59 Å². The van der Waals surface area contributed by atoms with Crippen LogP contribution in [0.2, 0.25) is 0 Å². The Morgan fingerprint density at radius 1 is 0.958 bits per heavy atom. The van der Waals surface area contributed by atoms with Gasteiger partial charge < -0.3 is 10.6 Å². The molecule has 0 radical (unpaired) electrons. The fourth-order valence-corrected chi connectivity index (χ4v) is 3.69. The van der Waals surface area contributed by atoms with Gasteiger partial charge >= 0.3 is 0 Å². The van der Waals surface area contributed by atoms with Gasteiger partial charge in [-0.2, -0.15) is 0 Å². The van der Waals surface area contributed by atoms with E-state index < -0.39 is 0 Å². The van der Waals surface area contributed by atoms with E-state index in [9.17, 15) is 9.59 Å². The van der Waals surface area contributed by atoms with Crippen LogP contribution in [0.5, 0.6) is 0 Å². The average Bonchev–Trinajstić information content (AvgIpc) is 3.34. The molecule has 4 heteroatoms. The van der Waals surface area contributed by atoms with E-state index in [0.717, 1.165) is 24.1 Å². The molecule has 0 heterocycles. The second-order valence-electron chi connectivity index (χ2n) is 7.45. The molecule has 2 fully saturated rings. The molecule has 0 spiro atoms. The molecule has 2 aliphatic rings. The van der Waals surface area contributed by atoms with Crippen LogP contribution in [0.25, 0.3) is 0 Å². The van der Waals surface area contributed by atoms with E-state index in [2.05, 4.69) is 16.7 Å². The largest absolute Gasteiger partial charge is 0.353 e. The number of rotatable bonds is 4. The number of carbonyl (C=O) groups is 2. The molecule has 0 bridgehead atoms. The van der Waals surface area contributed by atoms with Gasteiger partial charge in [0.05, 0.1) is 11.8 Å². The molecule has 1 aromatic rings. The van der Waals surface area contributed by atoms with Crippen LogP contribution in [-0.4, -0.2) is 17.9 Å². The maximum atomic E-state index is 12.4. The fraction of sp³-hybridized carbons (Fsp3) is 0.600. The first-order valence-electron chi connectivity index (χ1n) is 9.23. The highest BCUT2D eigenvalue weighted by atomic mass is 16.2. The molecule has 2 N–H and O–H groups in total. The van der Waals surface area contributed by atoms with Gasteiger partial charge in [-0.15, -0.1) is 0 Å². The summed E-state index contributed by atoms with van der Waals surface area (Å²) in [6, 6.07) is 6.29. The molecule has 2 aliphatic carbocycles. The van der Waals surface area contributed by atoms with E-state index in [1.54, 1.807) is 0 Å². The van der Waals surface area contributed by atoms with Gasteiger partial charge in [-0.3, -0.25) is 9.59 Å². The molecule has 1 aromatic carbocycles. The minimum absolute atomic E-state index is 0.0250. The van der Waals surface area contributed by atoms with Crippen molar-refractivity contribution in [3.8, 4) is 0 Å². The van der Waals surface area contributed by atoms with E-state index in [1.807, 2.05) is 26.0 Å². The number of nitrogens with one attached hydrogen (secondary N) is 2.